The molecule has 0 radical (unpaired) electrons. The first-order chi connectivity index (χ1) is 16.8. The number of nitrogens with zero attached hydrogens (tertiary/aromatic N) is 3. The number of benzene rings is 2. The van der Waals surface area contributed by atoms with Crippen LogP contribution in [0, 0.1) is 10.1 Å². The Morgan fingerprint density at radius 3 is 2.34 bits per heavy atom. The molecular weight excluding hydrogens is 450 g/mol. The molecule has 184 valence electrons. The van der Waals surface area contributed by atoms with Gasteiger partial charge in [-0.3, -0.25) is 24.5 Å². The first-order valence-electron chi connectivity index (χ1n) is 11.8. The van der Waals surface area contributed by atoms with Crippen LogP contribution in [0.25, 0.3) is 0 Å². The van der Waals surface area contributed by atoms with Gasteiger partial charge in [-0.05, 0) is 30.5 Å². The van der Waals surface area contributed by atoms with Crippen LogP contribution >= 0.6 is 0 Å². The molecule has 0 spiro atoms. The van der Waals surface area contributed by atoms with Crippen LogP contribution in [0.5, 0.6) is 0 Å². The number of amides is 3. The van der Waals surface area contributed by atoms with Gasteiger partial charge in [-0.2, -0.15) is 0 Å². The number of piperazine rings is 1. The van der Waals surface area contributed by atoms with Crippen molar-refractivity contribution in [2.24, 2.45) is 0 Å². The van der Waals surface area contributed by atoms with Gasteiger partial charge in [-0.25, -0.2) is 0 Å². The highest BCUT2D eigenvalue weighted by atomic mass is 16.6. The van der Waals surface area contributed by atoms with Crippen molar-refractivity contribution in [1.82, 2.24) is 15.5 Å². The Morgan fingerprint density at radius 1 is 1.06 bits per heavy atom. The Kier molecular flexibility index (Phi) is 7.28. The van der Waals surface area contributed by atoms with Crippen LogP contribution in [0.15, 0.2) is 48.5 Å². The maximum absolute atomic E-state index is 13.1. The summed E-state index contributed by atoms with van der Waals surface area (Å²) < 4.78 is 0. The Hall–Kier alpha value is -3.95. The Balaban J connectivity index is 1.50. The number of rotatable bonds is 8. The van der Waals surface area contributed by atoms with Gasteiger partial charge in [0.2, 0.25) is 11.8 Å². The van der Waals surface area contributed by atoms with E-state index in [-0.39, 0.29) is 29.1 Å². The smallest absolute Gasteiger partial charge is 0.293 e. The van der Waals surface area contributed by atoms with Crippen LogP contribution in [0.1, 0.15) is 35.7 Å². The predicted octanol–water partition coefficient (Wildman–Crippen LogP) is 1.88. The normalized spacial score (nSPS) is 16.4. The predicted molar refractivity (Wildman–Crippen MR) is 130 cm³/mol. The van der Waals surface area contributed by atoms with Crippen molar-refractivity contribution in [1.29, 1.82) is 0 Å². The van der Waals surface area contributed by atoms with Crippen molar-refractivity contribution in [3.8, 4) is 0 Å². The molecule has 10 heteroatoms. The van der Waals surface area contributed by atoms with Gasteiger partial charge in [0.25, 0.3) is 11.6 Å². The van der Waals surface area contributed by atoms with Crippen LogP contribution in [-0.4, -0.2) is 65.8 Å². The summed E-state index contributed by atoms with van der Waals surface area (Å²) in [7, 11) is 0. The van der Waals surface area contributed by atoms with Crippen molar-refractivity contribution in [3.05, 3.63) is 69.8 Å². The van der Waals surface area contributed by atoms with E-state index in [1.165, 1.54) is 19.1 Å². The lowest BCUT2D eigenvalue weighted by Crippen LogP contribution is -2.49. The molecule has 1 unspecified atom stereocenters. The van der Waals surface area contributed by atoms with E-state index in [9.17, 15) is 24.5 Å². The molecule has 1 saturated heterocycles. The third kappa shape index (κ3) is 6.14. The molecule has 1 saturated carbocycles. The van der Waals surface area contributed by atoms with Gasteiger partial charge >= 0.3 is 0 Å². The molecule has 1 heterocycles. The first-order valence-corrected chi connectivity index (χ1v) is 11.8. The molecule has 2 N–H and O–H groups in total. The maximum atomic E-state index is 13.1. The Labute approximate surface area is 203 Å². The molecule has 3 amide bonds. The van der Waals surface area contributed by atoms with Crippen molar-refractivity contribution >= 4 is 29.1 Å². The van der Waals surface area contributed by atoms with Crippen LogP contribution in [0.2, 0.25) is 0 Å². The third-order valence-electron chi connectivity index (χ3n) is 6.33. The average Bonchev–Trinajstić information content (AvgIpc) is 3.68. The lowest BCUT2D eigenvalue weighted by Gasteiger charge is -2.35. The molecule has 2 aromatic carbocycles. The van der Waals surface area contributed by atoms with Crippen molar-refractivity contribution in [3.63, 3.8) is 0 Å². The second kappa shape index (κ2) is 10.5. The van der Waals surface area contributed by atoms with E-state index >= 15 is 0 Å². The minimum Gasteiger partial charge on any atom is -0.362 e. The molecule has 1 atom stereocenters. The molecule has 35 heavy (non-hydrogen) atoms. The molecule has 2 aliphatic rings. The number of anilines is 1. The molecule has 2 fully saturated rings. The molecular formula is C25H29N5O5. The molecule has 10 nitrogen and oxygen atoms in total. The van der Waals surface area contributed by atoms with Gasteiger partial charge in [0.1, 0.15) is 11.7 Å². The Bertz CT molecular complexity index is 1110. The maximum Gasteiger partial charge on any atom is 0.293 e. The van der Waals surface area contributed by atoms with Gasteiger partial charge in [0.05, 0.1) is 4.92 Å². The van der Waals surface area contributed by atoms with Crippen molar-refractivity contribution < 1.29 is 19.3 Å². The highest BCUT2D eigenvalue weighted by Gasteiger charge is 2.30. The number of hydrogen-bond acceptors (Lipinski definition) is 6. The fourth-order valence-electron chi connectivity index (χ4n) is 4.17. The van der Waals surface area contributed by atoms with Gasteiger partial charge in [-0.15, -0.1) is 0 Å². The van der Waals surface area contributed by atoms with E-state index in [1.807, 2.05) is 35.2 Å². The lowest BCUT2D eigenvalue weighted by atomic mass is 10.0. The third-order valence-corrected chi connectivity index (χ3v) is 6.33. The highest BCUT2D eigenvalue weighted by Crippen LogP contribution is 2.30. The summed E-state index contributed by atoms with van der Waals surface area (Å²) in [6.07, 6.45) is 2.16. The number of hydrogen-bond donors (Lipinski definition) is 2. The number of nitrogens with one attached hydrogen (secondary N) is 2. The van der Waals surface area contributed by atoms with Crippen molar-refractivity contribution in [2.75, 3.05) is 31.1 Å². The molecule has 1 aliphatic carbocycles. The van der Waals surface area contributed by atoms with E-state index in [2.05, 4.69) is 10.6 Å². The summed E-state index contributed by atoms with van der Waals surface area (Å²) in [4.78, 5) is 52.3. The second-order valence-electron chi connectivity index (χ2n) is 8.95. The summed E-state index contributed by atoms with van der Waals surface area (Å²) in [5, 5.41) is 17.5. The van der Waals surface area contributed by atoms with E-state index < -0.39 is 16.9 Å². The highest BCUT2D eigenvalue weighted by molar-refractivity contribution is 5.99. The zero-order chi connectivity index (χ0) is 24.9. The summed E-state index contributed by atoms with van der Waals surface area (Å²) in [5.41, 5.74) is 1.23. The van der Waals surface area contributed by atoms with E-state index in [1.54, 1.807) is 11.0 Å². The monoisotopic (exact) mass is 479 g/mol. The fourth-order valence-corrected chi connectivity index (χ4v) is 4.17. The largest absolute Gasteiger partial charge is 0.362 e. The van der Waals surface area contributed by atoms with E-state index in [4.69, 9.17) is 0 Å². The van der Waals surface area contributed by atoms with E-state index in [0.29, 0.717) is 38.3 Å². The minimum absolute atomic E-state index is 0.0260. The first kappa shape index (κ1) is 24.2. The second-order valence-corrected chi connectivity index (χ2v) is 8.95. The lowest BCUT2D eigenvalue weighted by molar-refractivity contribution is -0.384. The van der Waals surface area contributed by atoms with Gasteiger partial charge in [0.15, 0.2) is 0 Å². The van der Waals surface area contributed by atoms with E-state index in [0.717, 1.165) is 18.4 Å². The molecule has 0 aromatic heterocycles. The minimum atomic E-state index is -0.802. The van der Waals surface area contributed by atoms with Gasteiger partial charge in [0, 0.05) is 57.2 Å². The van der Waals surface area contributed by atoms with Crippen molar-refractivity contribution in [2.45, 2.75) is 38.3 Å². The number of carbonyl (C=O) groups excluding carboxylic acids is 3. The van der Waals surface area contributed by atoms with Crippen LogP contribution in [0.4, 0.5) is 11.4 Å². The summed E-state index contributed by atoms with van der Waals surface area (Å²) >= 11 is 0. The number of nitro groups is 1. The van der Waals surface area contributed by atoms with Gasteiger partial charge in [-0.1, -0.05) is 30.3 Å². The SMILES string of the molecule is CC(=O)N1CCN(c2ccc(C(=O)NC(Cc3ccccc3)C(=O)NC3CC3)cc2[N+](=O)[O-])CC1. The fraction of sp³-hybridized carbons (Fsp3) is 0.400. The van der Waals surface area contributed by atoms with Gasteiger partial charge < -0.3 is 20.4 Å². The van der Waals surface area contributed by atoms with Crippen LogP contribution in [0.3, 0.4) is 0 Å². The molecule has 4 rings (SSSR count). The Morgan fingerprint density at radius 2 is 1.74 bits per heavy atom. The summed E-state index contributed by atoms with van der Waals surface area (Å²) in [6.45, 7) is 3.39. The summed E-state index contributed by atoms with van der Waals surface area (Å²) in [6, 6.07) is 13.1. The molecule has 0 bridgehead atoms. The molecule has 2 aromatic rings. The van der Waals surface area contributed by atoms with Crippen LogP contribution < -0.4 is 15.5 Å². The molecule has 1 aliphatic heterocycles. The standard InChI is InChI=1S/C25H29N5O5/c1-17(31)28-11-13-29(14-12-28)22-10-7-19(16-23(22)30(34)35)24(32)27-21(25(33)26-20-8-9-20)15-18-5-3-2-4-6-18/h2-7,10,16,20-21H,8-9,11-15H2,1H3,(H,26,33)(H,27,32). The average molecular weight is 480 g/mol. The topological polar surface area (TPSA) is 125 Å². The summed E-state index contributed by atoms with van der Waals surface area (Å²) in [5.74, 6) is -0.839. The zero-order valence-electron chi connectivity index (χ0n) is 19.6. The quantitative estimate of drug-likeness (QED) is 0.440. The zero-order valence-corrected chi connectivity index (χ0v) is 19.6. The van der Waals surface area contributed by atoms with Crippen LogP contribution in [-0.2, 0) is 16.0 Å². The number of nitro benzene ring substituents is 1. The number of carbonyl (C=O) groups is 3.